The monoisotopic (exact) mass is 251 g/mol. The Kier molecular flexibility index (Phi) is 5.63. The molecule has 18 heavy (non-hydrogen) atoms. The van der Waals surface area contributed by atoms with Gasteiger partial charge < -0.3 is 14.8 Å². The normalized spacial score (nSPS) is 16.1. The molecule has 3 unspecified atom stereocenters. The summed E-state index contributed by atoms with van der Waals surface area (Å²) < 4.78 is 10.8. The van der Waals surface area contributed by atoms with Gasteiger partial charge in [0.05, 0.1) is 13.2 Å². The van der Waals surface area contributed by atoms with E-state index in [9.17, 15) is 0 Å². The third-order valence-electron chi connectivity index (χ3n) is 3.44. The van der Waals surface area contributed by atoms with Crippen molar-refractivity contribution in [3.8, 4) is 5.75 Å². The van der Waals surface area contributed by atoms with Crippen LogP contribution in [0.15, 0.2) is 18.2 Å². The highest BCUT2D eigenvalue weighted by atomic mass is 16.5. The van der Waals surface area contributed by atoms with Crippen molar-refractivity contribution in [1.29, 1.82) is 0 Å². The Morgan fingerprint density at radius 3 is 2.33 bits per heavy atom. The second-order valence-electron chi connectivity index (χ2n) is 4.86. The molecule has 0 saturated carbocycles. The Balaban J connectivity index is 2.83. The third kappa shape index (κ3) is 3.72. The summed E-state index contributed by atoms with van der Waals surface area (Å²) in [5.74, 6) is 0.929. The van der Waals surface area contributed by atoms with Crippen LogP contribution < -0.4 is 10.1 Å². The molecule has 0 heterocycles. The van der Waals surface area contributed by atoms with Gasteiger partial charge in [-0.1, -0.05) is 17.7 Å². The van der Waals surface area contributed by atoms with Gasteiger partial charge in [0.25, 0.3) is 0 Å². The molecule has 0 aliphatic heterocycles. The molecule has 3 heteroatoms. The first-order valence-corrected chi connectivity index (χ1v) is 6.43. The zero-order chi connectivity index (χ0) is 13.7. The maximum atomic E-state index is 5.42. The molecule has 0 bridgehead atoms. The molecule has 1 N–H and O–H groups in total. The van der Waals surface area contributed by atoms with Gasteiger partial charge in [0.2, 0.25) is 0 Å². The van der Waals surface area contributed by atoms with Gasteiger partial charge in [-0.3, -0.25) is 0 Å². The Bertz CT molecular complexity index is 379. The lowest BCUT2D eigenvalue weighted by molar-refractivity contribution is 0.0851. The summed E-state index contributed by atoms with van der Waals surface area (Å²) in [4.78, 5) is 0. The highest BCUT2D eigenvalue weighted by Gasteiger charge is 2.17. The fraction of sp³-hybridized carbons (Fsp3) is 0.600. The number of hydrogen-bond acceptors (Lipinski definition) is 3. The van der Waals surface area contributed by atoms with Crippen molar-refractivity contribution in [2.24, 2.45) is 0 Å². The van der Waals surface area contributed by atoms with E-state index in [-0.39, 0.29) is 18.2 Å². The van der Waals surface area contributed by atoms with Crippen LogP contribution in [0.1, 0.15) is 37.9 Å². The van der Waals surface area contributed by atoms with Gasteiger partial charge in [-0.2, -0.15) is 0 Å². The largest absolute Gasteiger partial charge is 0.496 e. The lowest BCUT2D eigenvalue weighted by Crippen LogP contribution is -2.38. The average molecular weight is 251 g/mol. The van der Waals surface area contributed by atoms with Crippen molar-refractivity contribution < 1.29 is 9.47 Å². The first-order valence-electron chi connectivity index (χ1n) is 6.43. The maximum Gasteiger partial charge on any atom is 0.123 e. The first-order chi connectivity index (χ1) is 8.49. The van der Waals surface area contributed by atoms with E-state index < -0.39 is 0 Å². The molecule has 0 spiro atoms. The van der Waals surface area contributed by atoms with E-state index in [1.807, 2.05) is 6.07 Å². The van der Waals surface area contributed by atoms with Crippen molar-refractivity contribution in [1.82, 2.24) is 5.32 Å². The smallest absolute Gasteiger partial charge is 0.123 e. The number of nitrogens with one attached hydrogen (secondary N) is 1. The van der Waals surface area contributed by atoms with Crippen LogP contribution in [0.2, 0.25) is 0 Å². The molecule has 0 aromatic heterocycles. The molecule has 0 radical (unpaired) electrons. The number of methoxy groups -OCH3 is 2. The molecular weight excluding hydrogens is 226 g/mol. The van der Waals surface area contributed by atoms with Crippen LogP contribution in [-0.2, 0) is 4.74 Å². The summed E-state index contributed by atoms with van der Waals surface area (Å²) >= 11 is 0. The SMILES string of the molecule is COc1ccc(C)cc1C(C)NC(C)C(C)OC. The molecular formula is C15H25NO2. The minimum Gasteiger partial charge on any atom is -0.496 e. The molecule has 1 aromatic carbocycles. The summed E-state index contributed by atoms with van der Waals surface area (Å²) in [5, 5.41) is 3.54. The van der Waals surface area contributed by atoms with Crippen molar-refractivity contribution in [2.45, 2.75) is 45.9 Å². The summed E-state index contributed by atoms with van der Waals surface area (Å²) in [6, 6.07) is 6.77. The third-order valence-corrected chi connectivity index (χ3v) is 3.44. The van der Waals surface area contributed by atoms with Crippen molar-refractivity contribution in [3.63, 3.8) is 0 Å². The molecule has 0 aliphatic carbocycles. The molecule has 3 nitrogen and oxygen atoms in total. The number of benzene rings is 1. The number of hydrogen-bond donors (Lipinski definition) is 1. The Hall–Kier alpha value is -1.06. The van der Waals surface area contributed by atoms with Crippen LogP contribution in [0.4, 0.5) is 0 Å². The Morgan fingerprint density at radius 2 is 1.78 bits per heavy atom. The lowest BCUT2D eigenvalue weighted by atomic mass is 10.0. The highest BCUT2D eigenvalue weighted by molar-refractivity contribution is 5.38. The topological polar surface area (TPSA) is 30.5 Å². The summed E-state index contributed by atoms with van der Waals surface area (Å²) in [7, 11) is 3.45. The van der Waals surface area contributed by atoms with Crippen LogP contribution in [0.25, 0.3) is 0 Å². The van der Waals surface area contributed by atoms with Gasteiger partial charge in [-0.25, -0.2) is 0 Å². The fourth-order valence-corrected chi connectivity index (χ4v) is 2.02. The Labute approximate surface area is 110 Å². The first kappa shape index (κ1) is 15.0. The number of rotatable bonds is 6. The van der Waals surface area contributed by atoms with E-state index in [0.29, 0.717) is 0 Å². The minimum absolute atomic E-state index is 0.184. The van der Waals surface area contributed by atoms with E-state index in [2.05, 4.69) is 45.1 Å². The van der Waals surface area contributed by atoms with E-state index in [0.717, 1.165) is 5.75 Å². The summed E-state index contributed by atoms with van der Waals surface area (Å²) in [5.41, 5.74) is 2.43. The van der Waals surface area contributed by atoms with Gasteiger partial charge in [-0.15, -0.1) is 0 Å². The second-order valence-corrected chi connectivity index (χ2v) is 4.86. The van der Waals surface area contributed by atoms with E-state index in [4.69, 9.17) is 9.47 Å². The molecule has 0 amide bonds. The van der Waals surface area contributed by atoms with Crippen molar-refractivity contribution >= 4 is 0 Å². The van der Waals surface area contributed by atoms with Gasteiger partial charge >= 0.3 is 0 Å². The second kappa shape index (κ2) is 6.76. The Morgan fingerprint density at radius 1 is 1.11 bits per heavy atom. The quantitative estimate of drug-likeness (QED) is 0.843. The molecule has 0 fully saturated rings. The van der Waals surface area contributed by atoms with Crippen LogP contribution in [-0.4, -0.2) is 26.4 Å². The molecule has 3 atom stereocenters. The van der Waals surface area contributed by atoms with Crippen LogP contribution in [0.3, 0.4) is 0 Å². The van der Waals surface area contributed by atoms with Gasteiger partial charge in [0.1, 0.15) is 5.75 Å². The van der Waals surface area contributed by atoms with E-state index in [1.165, 1.54) is 11.1 Å². The zero-order valence-electron chi connectivity index (χ0n) is 12.3. The number of ether oxygens (including phenoxy) is 2. The predicted octanol–water partition coefficient (Wildman–Crippen LogP) is 3.08. The van der Waals surface area contributed by atoms with E-state index >= 15 is 0 Å². The molecule has 1 rings (SSSR count). The van der Waals surface area contributed by atoms with Gasteiger partial charge in [0, 0.05) is 24.8 Å². The molecule has 0 aliphatic rings. The summed E-state index contributed by atoms with van der Waals surface area (Å²) in [6.07, 6.45) is 0.184. The fourth-order valence-electron chi connectivity index (χ4n) is 2.02. The average Bonchev–Trinajstić information content (AvgIpc) is 2.37. The zero-order valence-corrected chi connectivity index (χ0v) is 12.3. The van der Waals surface area contributed by atoms with Gasteiger partial charge in [0.15, 0.2) is 0 Å². The minimum atomic E-state index is 0.184. The number of aryl methyl sites for hydroxylation is 1. The van der Waals surface area contributed by atoms with Crippen LogP contribution in [0, 0.1) is 6.92 Å². The van der Waals surface area contributed by atoms with Crippen LogP contribution in [0.5, 0.6) is 5.75 Å². The molecule has 102 valence electrons. The summed E-state index contributed by atoms with van der Waals surface area (Å²) in [6.45, 7) is 8.44. The standard InChI is InChI=1S/C15H25NO2/c1-10-7-8-15(18-6)14(9-10)12(3)16-11(2)13(4)17-5/h7-9,11-13,16H,1-6H3. The molecule has 1 aromatic rings. The van der Waals surface area contributed by atoms with Crippen molar-refractivity contribution in [3.05, 3.63) is 29.3 Å². The molecule has 0 saturated heterocycles. The lowest BCUT2D eigenvalue weighted by Gasteiger charge is -2.25. The van der Waals surface area contributed by atoms with Gasteiger partial charge in [-0.05, 0) is 33.8 Å². The van der Waals surface area contributed by atoms with Crippen LogP contribution >= 0.6 is 0 Å². The van der Waals surface area contributed by atoms with E-state index in [1.54, 1.807) is 14.2 Å². The maximum absolute atomic E-state index is 5.42. The predicted molar refractivity (Wildman–Crippen MR) is 75.2 cm³/mol. The highest BCUT2D eigenvalue weighted by Crippen LogP contribution is 2.26. The van der Waals surface area contributed by atoms with Crippen molar-refractivity contribution in [2.75, 3.05) is 14.2 Å².